The Morgan fingerprint density at radius 1 is 0.785 bits per heavy atom. The van der Waals surface area contributed by atoms with E-state index in [2.05, 4.69) is 27.7 Å². The number of hydrogen-bond acceptors (Lipinski definition) is 18. The molecule has 4 N–H and O–H groups in total. The predicted octanol–water partition coefficient (Wildman–Crippen LogP) is 4.68. The fraction of sp³-hybridized carbons (Fsp3) is 0.786. The van der Waals surface area contributed by atoms with E-state index in [9.17, 15) is 37.3 Å². The monoisotopic (exact) mass is 1150 g/mol. The first-order valence-corrected chi connectivity index (χ1v) is 31.7. The smallest absolute Gasteiger partial charge is 0.334 e. The summed E-state index contributed by atoms with van der Waals surface area (Å²) in [4.78, 5) is 61.4. The minimum Gasteiger partial charge on any atom is -0.498 e. The number of thioether (sulfide) groups is 1. The molecule has 0 spiro atoms. The molecular weight excluding hydrogens is 1060 g/mol. The maximum atomic E-state index is 14.5. The number of aliphatic hydroxyl groups excluding tert-OH is 1. The van der Waals surface area contributed by atoms with Crippen LogP contribution in [0.15, 0.2) is 46.5 Å². The first kappa shape index (κ1) is 58.3. The summed E-state index contributed by atoms with van der Waals surface area (Å²) in [6, 6.07) is -0.749. The Bertz CT molecular complexity index is 2460. The van der Waals surface area contributed by atoms with Crippen molar-refractivity contribution in [2.24, 2.45) is 35.5 Å². The van der Waals surface area contributed by atoms with Crippen LogP contribution in [-0.2, 0) is 67.3 Å². The van der Waals surface area contributed by atoms with Gasteiger partial charge in [0.25, 0.3) is 16.0 Å². The zero-order valence-corrected chi connectivity index (χ0v) is 47.6. The van der Waals surface area contributed by atoms with Gasteiger partial charge in [-0.25, -0.2) is 4.79 Å². The molecule has 6 fully saturated rings. The molecule has 79 heavy (non-hydrogen) atoms. The van der Waals surface area contributed by atoms with Gasteiger partial charge in [-0.15, -0.1) is 5.06 Å². The number of aliphatic hydroxyl groups is 1. The molecular formula is C56H83N5O16S2. The van der Waals surface area contributed by atoms with E-state index in [1.54, 1.807) is 30.9 Å². The van der Waals surface area contributed by atoms with Gasteiger partial charge >= 0.3 is 5.97 Å². The van der Waals surface area contributed by atoms with Crippen molar-refractivity contribution in [2.75, 3.05) is 85.1 Å². The van der Waals surface area contributed by atoms with Crippen molar-refractivity contribution in [3.05, 3.63) is 46.5 Å². The third-order valence-electron chi connectivity index (χ3n) is 18.2. The highest BCUT2D eigenvalue weighted by Gasteiger charge is 2.55. The second-order valence-corrected chi connectivity index (χ2v) is 25.9. The minimum absolute atomic E-state index is 0.0275. The van der Waals surface area contributed by atoms with Crippen LogP contribution in [0.4, 0.5) is 0 Å². The molecule has 0 bridgehead atoms. The normalized spacial score (nSPS) is 33.6. The molecule has 23 heteroatoms. The van der Waals surface area contributed by atoms with Gasteiger partial charge in [0.15, 0.2) is 11.6 Å². The summed E-state index contributed by atoms with van der Waals surface area (Å²) in [5, 5.41) is 16.2. The molecule has 0 radical (unpaired) electrons. The van der Waals surface area contributed by atoms with Gasteiger partial charge in [-0.1, -0.05) is 25.0 Å². The molecule has 21 nitrogen and oxygen atoms in total. The average molecular weight is 1150 g/mol. The zero-order chi connectivity index (χ0) is 55.2. The van der Waals surface area contributed by atoms with Crippen LogP contribution >= 0.6 is 11.8 Å². The summed E-state index contributed by atoms with van der Waals surface area (Å²) in [5.41, 5.74) is 1.98. The van der Waals surface area contributed by atoms with E-state index in [1.807, 2.05) is 0 Å². The number of amides is 3. The number of allylic oxidation sites excluding steroid dienone is 5. The summed E-state index contributed by atoms with van der Waals surface area (Å²) in [6.45, 7) is 3.54. The fourth-order valence-corrected chi connectivity index (χ4v) is 16.3. The van der Waals surface area contributed by atoms with Crippen molar-refractivity contribution in [2.45, 2.75) is 157 Å². The van der Waals surface area contributed by atoms with Crippen LogP contribution in [-0.4, -0.2) is 184 Å². The lowest BCUT2D eigenvalue weighted by molar-refractivity contribution is -0.221. The number of carbonyl (C=O) groups excluding carboxylic acids is 4. The van der Waals surface area contributed by atoms with Gasteiger partial charge in [0.2, 0.25) is 11.8 Å². The van der Waals surface area contributed by atoms with Crippen LogP contribution in [0, 0.1) is 35.5 Å². The number of fused-ring (bicyclic) bond motifs is 8. The van der Waals surface area contributed by atoms with Gasteiger partial charge in [-0.2, -0.15) is 20.2 Å². The topological polar surface area (TPSA) is 250 Å². The van der Waals surface area contributed by atoms with Crippen LogP contribution in [0.5, 0.6) is 0 Å². The summed E-state index contributed by atoms with van der Waals surface area (Å²) in [5.74, 6) is 3.55. The number of carbonyl (C=O) groups is 4. The molecule has 1 saturated carbocycles. The van der Waals surface area contributed by atoms with Crippen LogP contribution in [0.25, 0.3) is 0 Å². The van der Waals surface area contributed by atoms with Crippen LogP contribution in [0.3, 0.4) is 0 Å². The van der Waals surface area contributed by atoms with E-state index in [1.165, 1.54) is 19.3 Å². The third-order valence-corrected chi connectivity index (χ3v) is 20.4. The zero-order valence-electron chi connectivity index (χ0n) is 45.9. The quantitative estimate of drug-likeness (QED) is 0.0582. The highest BCUT2D eigenvalue weighted by Crippen LogP contribution is 2.47. The Morgan fingerprint density at radius 3 is 2.25 bits per heavy atom. The van der Waals surface area contributed by atoms with E-state index < -0.39 is 51.6 Å². The number of nitrogens with zero attached hydrogens (tertiary/aromatic N) is 3. The molecule has 0 aromatic carbocycles. The van der Waals surface area contributed by atoms with E-state index in [0.29, 0.717) is 80.8 Å². The average Bonchev–Trinajstić information content (AvgIpc) is 4.28. The van der Waals surface area contributed by atoms with E-state index >= 15 is 0 Å². The van der Waals surface area contributed by atoms with Gasteiger partial charge in [-0.3, -0.25) is 24.3 Å². The Morgan fingerprint density at radius 2 is 1.51 bits per heavy atom. The van der Waals surface area contributed by atoms with Crippen molar-refractivity contribution < 1.29 is 75.3 Å². The Kier molecular flexibility index (Phi) is 19.6. The third kappa shape index (κ3) is 13.6. The van der Waals surface area contributed by atoms with Gasteiger partial charge in [0.05, 0.1) is 84.8 Å². The molecule has 5 aliphatic carbocycles. The van der Waals surface area contributed by atoms with Gasteiger partial charge < -0.3 is 58.2 Å². The van der Waals surface area contributed by atoms with Crippen LogP contribution in [0.2, 0.25) is 0 Å². The maximum Gasteiger partial charge on any atom is 0.334 e. The van der Waals surface area contributed by atoms with Crippen molar-refractivity contribution in [3.8, 4) is 0 Å². The van der Waals surface area contributed by atoms with Gasteiger partial charge in [0.1, 0.15) is 29.6 Å². The second-order valence-electron chi connectivity index (χ2n) is 23.2. The molecule has 3 unspecified atom stereocenters. The summed E-state index contributed by atoms with van der Waals surface area (Å²) in [7, 11) is -1.32. The van der Waals surface area contributed by atoms with Gasteiger partial charge in [-0.05, 0) is 86.9 Å². The van der Waals surface area contributed by atoms with E-state index in [4.69, 9.17) is 38.0 Å². The maximum absolute atomic E-state index is 14.5. The Hall–Kier alpha value is -3.94. The summed E-state index contributed by atoms with van der Waals surface area (Å²) < 4.78 is 79.1. The fourth-order valence-electron chi connectivity index (χ4n) is 14.4. The van der Waals surface area contributed by atoms with Crippen molar-refractivity contribution in [1.29, 1.82) is 0 Å². The van der Waals surface area contributed by atoms with Crippen LogP contribution in [0.1, 0.15) is 116 Å². The lowest BCUT2D eigenvalue weighted by atomic mass is 9.82. The van der Waals surface area contributed by atoms with Crippen molar-refractivity contribution in [1.82, 2.24) is 25.5 Å². The molecule has 10 aliphatic rings. The first-order chi connectivity index (χ1) is 38.3. The molecule has 3 amide bonds. The highest BCUT2D eigenvalue weighted by atomic mass is 32.2. The number of rotatable bonds is 24. The standard InChI is InChI=1S/C56H83N5O16S2/c1-70-47-26-40-42(57-30-39-24-37-7-3-5-9-44(37)59(39)55(40)65)28-49(47)75-31-34-21-35(23-36(22-34)33-78-20-19-74-18-17-73-16-15-72-14-13-53(64)77-61-51(62)11-12-52(61)63)32-76-50-29-43-41(27-48(50)71-2)56(66)60-45-10-6-4-8-38(45)25-46(60)54(58-43)79(67,68)69/h10,23,34,36-44,46,51,54,57-58,62H,3-9,11-22,24-33H2,1-2H3,(H,67,68,69)/t34-,36-,37+,38-,39-,40-,41+,42+,43?,44?,46-,51-,54?/m0/s1. The molecule has 440 valence electrons. The predicted molar refractivity (Wildman–Crippen MR) is 288 cm³/mol. The minimum atomic E-state index is -4.58. The molecule has 10 rings (SSSR count). The number of hydroxylamine groups is 2. The number of ether oxygens (including phenoxy) is 7. The molecule has 13 atom stereocenters. The number of hydrogen-bond donors (Lipinski definition) is 4. The van der Waals surface area contributed by atoms with Crippen LogP contribution < -0.4 is 10.6 Å². The SMILES string of the molecule is COC1=C(OCC2=C[C@@H](CSCCOCCOCCOCCC(=O)ON3C(=O)CC[C@@H]3O)C[C@@H](COC3=C(OC)C[C@@H]4C(=O)N5C6CCCC[C@@H]6C[C@H]5CN[C@@H]4C3)C2)CC2NC(S(=O)(=O)O)[C@@H]3C[C@@H]4CCCC=C4N3C(=O)[C@@H]2C1. The van der Waals surface area contributed by atoms with E-state index in [-0.39, 0.29) is 99.5 Å². The molecule has 5 aliphatic heterocycles. The molecule has 0 aromatic rings. The Labute approximate surface area is 468 Å². The van der Waals surface area contributed by atoms with Crippen molar-refractivity contribution in [3.63, 3.8) is 0 Å². The lowest BCUT2D eigenvalue weighted by Gasteiger charge is -2.37. The molecule has 5 saturated heterocycles. The molecule has 0 aromatic heterocycles. The first-order valence-electron chi connectivity index (χ1n) is 29.1. The highest BCUT2D eigenvalue weighted by molar-refractivity contribution is 7.99. The second kappa shape index (κ2) is 26.5. The van der Waals surface area contributed by atoms with Gasteiger partial charge in [0, 0.05) is 86.6 Å². The lowest BCUT2D eigenvalue weighted by Crippen LogP contribution is -2.52. The van der Waals surface area contributed by atoms with E-state index in [0.717, 1.165) is 85.8 Å². The number of nitrogens with one attached hydrogen (secondary N) is 2. The Balaban J connectivity index is 0.736. The largest absolute Gasteiger partial charge is 0.498 e. The van der Waals surface area contributed by atoms with Crippen molar-refractivity contribution >= 4 is 45.6 Å². The number of methoxy groups -OCH3 is 2. The molecule has 5 heterocycles. The summed E-state index contributed by atoms with van der Waals surface area (Å²) >= 11 is 1.81. The summed E-state index contributed by atoms with van der Waals surface area (Å²) in [6.07, 6.45) is 15.7.